The van der Waals surface area contributed by atoms with Gasteiger partial charge in [-0.05, 0) is 25.5 Å². The molecule has 0 aliphatic carbocycles. The van der Waals surface area contributed by atoms with Crippen molar-refractivity contribution in [2.24, 2.45) is 5.73 Å². The summed E-state index contributed by atoms with van der Waals surface area (Å²) < 4.78 is 6.22. The fourth-order valence-electron chi connectivity index (χ4n) is 1.83. The molecule has 1 aromatic heterocycles. The van der Waals surface area contributed by atoms with Crippen LogP contribution in [-0.4, -0.2) is 10.1 Å². The molecule has 0 fully saturated rings. The quantitative estimate of drug-likeness (QED) is 0.939. The molecule has 0 aliphatic heterocycles. The highest BCUT2D eigenvalue weighted by Gasteiger charge is 2.27. The van der Waals surface area contributed by atoms with E-state index < -0.39 is 5.54 Å². The molecule has 0 spiro atoms. The number of halogens is 1. The van der Waals surface area contributed by atoms with Crippen LogP contribution in [-0.2, 0) is 5.54 Å². The maximum absolute atomic E-state index is 6.17. The Morgan fingerprint density at radius 2 is 2.11 bits per heavy atom. The topological polar surface area (TPSA) is 64.9 Å². The van der Waals surface area contributed by atoms with Crippen molar-refractivity contribution in [2.75, 3.05) is 0 Å². The molecule has 1 aromatic carbocycles. The van der Waals surface area contributed by atoms with Crippen molar-refractivity contribution >= 4 is 15.9 Å². The van der Waals surface area contributed by atoms with E-state index in [0.717, 1.165) is 22.9 Å². The van der Waals surface area contributed by atoms with E-state index in [4.69, 9.17) is 10.3 Å². The van der Waals surface area contributed by atoms with Gasteiger partial charge in [0.25, 0.3) is 0 Å². The highest BCUT2D eigenvalue weighted by Crippen LogP contribution is 2.28. The number of hydrogen-bond donors (Lipinski definition) is 1. The lowest BCUT2D eigenvalue weighted by Gasteiger charge is -2.18. The van der Waals surface area contributed by atoms with Gasteiger partial charge in [-0.2, -0.15) is 4.98 Å². The molecule has 1 atom stereocenters. The van der Waals surface area contributed by atoms with E-state index in [-0.39, 0.29) is 0 Å². The Kier molecular flexibility index (Phi) is 3.82. The van der Waals surface area contributed by atoms with Crippen molar-refractivity contribution in [3.05, 3.63) is 34.6 Å². The van der Waals surface area contributed by atoms with Crippen molar-refractivity contribution in [1.82, 2.24) is 10.1 Å². The van der Waals surface area contributed by atoms with Crippen molar-refractivity contribution < 1.29 is 4.52 Å². The van der Waals surface area contributed by atoms with E-state index >= 15 is 0 Å². The standard InChI is InChI=1S/C13H16BrN3O/c1-3-8-13(2,15)12-16-11(17-18-12)9-6-4-5-7-10(9)14/h4-7H,3,8,15H2,1-2H3. The third kappa shape index (κ3) is 2.62. The Morgan fingerprint density at radius 1 is 1.39 bits per heavy atom. The minimum absolute atomic E-state index is 0.482. The summed E-state index contributed by atoms with van der Waals surface area (Å²) in [5.41, 5.74) is 6.50. The van der Waals surface area contributed by atoms with Gasteiger partial charge in [0, 0.05) is 10.0 Å². The predicted molar refractivity (Wildman–Crippen MR) is 73.9 cm³/mol. The van der Waals surface area contributed by atoms with Gasteiger partial charge in [0.1, 0.15) is 0 Å². The molecule has 0 saturated heterocycles. The Balaban J connectivity index is 2.34. The first-order chi connectivity index (χ1) is 8.54. The van der Waals surface area contributed by atoms with Gasteiger partial charge in [-0.1, -0.05) is 46.6 Å². The summed E-state index contributed by atoms with van der Waals surface area (Å²) in [5.74, 6) is 1.04. The van der Waals surface area contributed by atoms with Crippen LogP contribution in [0, 0.1) is 0 Å². The molecule has 2 aromatic rings. The molecule has 18 heavy (non-hydrogen) atoms. The lowest BCUT2D eigenvalue weighted by Crippen LogP contribution is -2.33. The Bertz CT molecular complexity index is 537. The molecular weight excluding hydrogens is 294 g/mol. The predicted octanol–water partition coefficient (Wildman–Crippen LogP) is 3.47. The molecule has 0 aliphatic rings. The second-order valence-corrected chi connectivity index (χ2v) is 5.42. The largest absolute Gasteiger partial charge is 0.337 e. The fourth-order valence-corrected chi connectivity index (χ4v) is 2.30. The van der Waals surface area contributed by atoms with Crippen LogP contribution < -0.4 is 5.73 Å². The average Bonchev–Trinajstić information content (AvgIpc) is 2.79. The highest BCUT2D eigenvalue weighted by atomic mass is 79.9. The molecule has 1 unspecified atom stereocenters. The van der Waals surface area contributed by atoms with Crippen LogP contribution >= 0.6 is 15.9 Å². The summed E-state index contributed by atoms with van der Waals surface area (Å²) >= 11 is 3.47. The van der Waals surface area contributed by atoms with Gasteiger partial charge in [0.05, 0.1) is 5.54 Å². The van der Waals surface area contributed by atoms with Crippen molar-refractivity contribution in [3.63, 3.8) is 0 Å². The van der Waals surface area contributed by atoms with Gasteiger partial charge < -0.3 is 10.3 Å². The smallest absolute Gasteiger partial charge is 0.246 e. The van der Waals surface area contributed by atoms with E-state index in [1.807, 2.05) is 31.2 Å². The normalized spacial score (nSPS) is 14.4. The molecule has 96 valence electrons. The van der Waals surface area contributed by atoms with E-state index in [2.05, 4.69) is 33.0 Å². The van der Waals surface area contributed by atoms with Crippen molar-refractivity contribution in [1.29, 1.82) is 0 Å². The van der Waals surface area contributed by atoms with E-state index in [1.54, 1.807) is 0 Å². The molecular formula is C13H16BrN3O. The second kappa shape index (κ2) is 5.20. The average molecular weight is 310 g/mol. The van der Waals surface area contributed by atoms with Crippen LogP contribution in [0.15, 0.2) is 33.3 Å². The lowest BCUT2D eigenvalue weighted by atomic mass is 9.98. The Morgan fingerprint density at radius 3 is 2.78 bits per heavy atom. The van der Waals surface area contributed by atoms with Crippen LogP contribution in [0.3, 0.4) is 0 Å². The maximum Gasteiger partial charge on any atom is 0.246 e. The summed E-state index contributed by atoms with van der Waals surface area (Å²) in [6.45, 7) is 3.99. The van der Waals surface area contributed by atoms with Crippen LogP contribution in [0.25, 0.3) is 11.4 Å². The molecule has 0 amide bonds. The highest BCUT2D eigenvalue weighted by molar-refractivity contribution is 9.10. The van der Waals surface area contributed by atoms with Crippen LogP contribution in [0.1, 0.15) is 32.6 Å². The SMILES string of the molecule is CCCC(C)(N)c1nc(-c2ccccc2Br)no1. The molecule has 0 saturated carbocycles. The molecule has 5 heteroatoms. The second-order valence-electron chi connectivity index (χ2n) is 4.57. The first-order valence-corrected chi connectivity index (χ1v) is 6.72. The number of aromatic nitrogens is 2. The molecule has 2 rings (SSSR count). The van der Waals surface area contributed by atoms with Gasteiger partial charge >= 0.3 is 0 Å². The van der Waals surface area contributed by atoms with Crippen LogP contribution in [0.4, 0.5) is 0 Å². The van der Waals surface area contributed by atoms with Gasteiger partial charge in [0.2, 0.25) is 11.7 Å². The number of nitrogens with two attached hydrogens (primary N) is 1. The third-order valence-electron chi connectivity index (χ3n) is 2.80. The Hall–Kier alpha value is -1.20. The number of benzene rings is 1. The zero-order valence-corrected chi connectivity index (χ0v) is 12.1. The third-order valence-corrected chi connectivity index (χ3v) is 3.49. The number of rotatable bonds is 4. The fraction of sp³-hybridized carbons (Fsp3) is 0.385. The number of nitrogens with zero attached hydrogens (tertiary/aromatic N) is 2. The molecule has 1 heterocycles. The van der Waals surface area contributed by atoms with Crippen LogP contribution in [0.2, 0.25) is 0 Å². The summed E-state index contributed by atoms with van der Waals surface area (Å²) in [6.07, 6.45) is 1.78. The molecule has 0 radical (unpaired) electrons. The van der Waals surface area contributed by atoms with E-state index in [0.29, 0.717) is 11.7 Å². The minimum Gasteiger partial charge on any atom is -0.337 e. The summed E-state index contributed by atoms with van der Waals surface area (Å²) in [7, 11) is 0. The van der Waals surface area contributed by atoms with E-state index in [1.165, 1.54) is 0 Å². The monoisotopic (exact) mass is 309 g/mol. The zero-order valence-electron chi connectivity index (χ0n) is 10.5. The first-order valence-electron chi connectivity index (χ1n) is 5.92. The molecule has 0 bridgehead atoms. The van der Waals surface area contributed by atoms with Gasteiger partial charge in [-0.25, -0.2) is 0 Å². The lowest BCUT2D eigenvalue weighted by molar-refractivity contribution is 0.284. The van der Waals surface area contributed by atoms with Gasteiger partial charge in [-0.3, -0.25) is 0 Å². The van der Waals surface area contributed by atoms with Crippen molar-refractivity contribution in [3.8, 4) is 11.4 Å². The van der Waals surface area contributed by atoms with E-state index in [9.17, 15) is 0 Å². The zero-order chi connectivity index (χ0) is 13.2. The maximum atomic E-state index is 6.17. The Labute approximate surface area is 115 Å². The molecule has 2 N–H and O–H groups in total. The minimum atomic E-state index is -0.568. The first kappa shape index (κ1) is 13.2. The van der Waals surface area contributed by atoms with Crippen LogP contribution in [0.5, 0.6) is 0 Å². The molecule has 4 nitrogen and oxygen atoms in total. The summed E-state index contributed by atoms with van der Waals surface area (Å²) in [4.78, 5) is 4.40. The van der Waals surface area contributed by atoms with Gasteiger partial charge in [0.15, 0.2) is 0 Å². The van der Waals surface area contributed by atoms with Gasteiger partial charge in [-0.15, -0.1) is 0 Å². The number of hydrogen-bond acceptors (Lipinski definition) is 4. The van der Waals surface area contributed by atoms with Crippen molar-refractivity contribution in [2.45, 2.75) is 32.2 Å². The summed E-state index contributed by atoms with van der Waals surface area (Å²) in [5, 5.41) is 4.00. The summed E-state index contributed by atoms with van der Waals surface area (Å²) in [6, 6.07) is 7.76.